The first kappa shape index (κ1) is 12.0. The highest BCUT2D eigenvalue weighted by atomic mass is 19.1. The molecular weight excluding hydrogens is 259 g/mol. The van der Waals surface area contributed by atoms with E-state index >= 15 is 0 Å². The maximum atomic E-state index is 14.0. The van der Waals surface area contributed by atoms with E-state index in [1.54, 1.807) is 11.0 Å². The highest BCUT2D eigenvalue weighted by Gasteiger charge is 2.52. The predicted molar refractivity (Wildman–Crippen MR) is 70.8 cm³/mol. The minimum atomic E-state index is -0.743. The molecule has 3 aliphatic rings. The fourth-order valence-corrected chi connectivity index (χ4v) is 3.56. The Morgan fingerprint density at radius 1 is 1.45 bits per heavy atom. The van der Waals surface area contributed by atoms with E-state index in [1.807, 2.05) is 13.0 Å². The number of fused-ring (bicyclic) bond motifs is 4. The van der Waals surface area contributed by atoms with Gasteiger partial charge in [-0.05, 0) is 32.3 Å². The molecule has 1 aromatic carbocycles. The minimum absolute atomic E-state index is 0.0941. The van der Waals surface area contributed by atoms with Crippen LogP contribution in [0.1, 0.15) is 44.2 Å². The topological polar surface area (TPSA) is 41.6 Å². The van der Waals surface area contributed by atoms with Gasteiger partial charge in [0.25, 0.3) is 0 Å². The third-order valence-electron chi connectivity index (χ3n) is 4.74. The molecule has 1 aliphatic carbocycles. The molecule has 2 amide bonds. The van der Waals surface area contributed by atoms with Crippen molar-refractivity contribution in [3.05, 3.63) is 29.6 Å². The van der Waals surface area contributed by atoms with Crippen molar-refractivity contribution in [3.63, 3.8) is 0 Å². The van der Waals surface area contributed by atoms with Gasteiger partial charge in [-0.1, -0.05) is 12.1 Å². The lowest BCUT2D eigenvalue weighted by Gasteiger charge is -2.55. The Morgan fingerprint density at radius 2 is 2.25 bits per heavy atom. The van der Waals surface area contributed by atoms with Gasteiger partial charge in [0.1, 0.15) is 0 Å². The summed E-state index contributed by atoms with van der Waals surface area (Å²) in [5, 5.41) is 3.00. The number of urea groups is 1. The third-order valence-corrected chi connectivity index (χ3v) is 4.74. The molecule has 106 valence electrons. The summed E-state index contributed by atoms with van der Waals surface area (Å²) in [6.45, 7) is 1.90. The zero-order chi connectivity index (χ0) is 13.9. The molecule has 0 aromatic heterocycles. The van der Waals surface area contributed by atoms with Crippen molar-refractivity contribution in [2.45, 2.75) is 50.4 Å². The molecule has 2 heterocycles. The molecule has 4 nitrogen and oxygen atoms in total. The highest BCUT2D eigenvalue weighted by molar-refractivity contribution is 5.78. The number of carbonyl (C=O) groups is 1. The summed E-state index contributed by atoms with van der Waals surface area (Å²) in [5.74, 6) is -0.0706. The summed E-state index contributed by atoms with van der Waals surface area (Å²) in [7, 11) is 0. The first-order valence-electron chi connectivity index (χ1n) is 7.16. The van der Waals surface area contributed by atoms with Gasteiger partial charge in [0.15, 0.2) is 17.3 Å². The van der Waals surface area contributed by atoms with Gasteiger partial charge in [0.2, 0.25) is 0 Å². The average Bonchev–Trinajstić information content (AvgIpc) is 2.33. The first-order chi connectivity index (χ1) is 9.58. The molecule has 20 heavy (non-hydrogen) atoms. The van der Waals surface area contributed by atoms with Crippen molar-refractivity contribution < 1.29 is 13.9 Å². The molecule has 2 unspecified atom stereocenters. The fraction of sp³-hybridized carbons (Fsp3) is 0.533. The van der Waals surface area contributed by atoms with Gasteiger partial charge < -0.3 is 10.1 Å². The number of rotatable bonds is 1. The maximum absolute atomic E-state index is 14.0. The summed E-state index contributed by atoms with van der Waals surface area (Å²) in [4.78, 5) is 14.2. The number of ether oxygens (including phenoxy) is 1. The van der Waals surface area contributed by atoms with Crippen LogP contribution in [0.5, 0.6) is 5.75 Å². The van der Waals surface area contributed by atoms with Gasteiger partial charge >= 0.3 is 6.03 Å². The summed E-state index contributed by atoms with van der Waals surface area (Å²) in [6, 6.07) is 4.84. The number of amides is 2. The van der Waals surface area contributed by atoms with Crippen molar-refractivity contribution in [3.8, 4) is 5.75 Å². The first-order valence-corrected chi connectivity index (χ1v) is 7.16. The lowest BCUT2D eigenvalue weighted by Crippen LogP contribution is -2.68. The lowest BCUT2D eigenvalue weighted by atomic mass is 9.84. The zero-order valence-corrected chi connectivity index (χ0v) is 11.4. The Bertz CT molecular complexity index is 587. The lowest BCUT2D eigenvalue weighted by molar-refractivity contribution is -0.115. The van der Waals surface area contributed by atoms with E-state index in [1.165, 1.54) is 6.07 Å². The van der Waals surface area contributed by atoms with E-state index < -0.39 is 5.72 Å². The van der Waals surface area contributed by atoms with E-state index in [2.05, 4.69) is 5.32 Å². The van der Waals surface area contributed by atoms with Crippen LogP contribution >= 0.6 is 0 Å². The molecule has 0 radical (unpaired) electrons. The van der Waals surface area contributed by atoms with Gasteiger partial charge in [-0.3, -0.25) is 4.90 Å². The third kappa shape index (κ3) is 1.49. The van der Waals surface area contributed by atoms with Crippen LogP contribution in [0.25, 0.3) is 0 Å². The van der Waals surface area contributed by atoms with Crippen LogP contribution in [0.4, 0.5) is 9.18 Å². The minimum Gasteiger partial charge on any atom is -0.465 e. The molecule has 1 aromatic rings. The Morgan fingerprint density at radius 3 is 2.95 bits per heavy atom. The average molecular weight is 276 g/mol. The molecule has 2 bridgehead atoms. The SMILES string of the molecule is CC12CC(NC(=O)N1C1CCC1)c1cccc(F)c1O2. The quantitative estimate of drug-likeness (QED) is 0.857. The summed E-state index contributed by atoms with van der Waals surface area (Å²) < 4.78 is 20.0. The Labute approximate surface area is 116 Å². The van der Waals surface area contributed by atoms with Gasteiger partial charge in [-0.2, -0.15) is 0 Å². The van der Waals surface area contributed by atoms with E-state index in [0.29, 0.717) is 6.42 Å². The number of nitrogens with zero attached hydrogens (tertiary/aromatic N) is 1. The van der Waals surface area contributed by atoms with Crippen LogP contribution in [0.2, 0.25) is 0 Å². The van der Waals surface area contributed by atoms with Crippen molar-refractivity contribution >= 4 is 6.03 Å². The van der Waals surface area contributed by atoms with Crippen molar-refractivity contribution in [2.24, 2.45) is 0 Å². The molecule has 0 spiro atoms. The Balaban J connectivity index is 1.79. The van der Waals surface area contributed by atoms with Crippen molar-refractivity contribution in [2.75, 3.05) is 0 Å². The van der Waals surface area contributed by atoms with Crippen molar-refractivity contribution in [1.82, 2.24) is 10.2 Å². The second-order valence-electron chi connectivity index (χ2n) is 6.10. The molecule has 1 N–H and O–H groups in total. The molecule has 2 aliphatic heterocycles. The number of carbonyl (C=O) groups excluding carboxylic acids is 1. The molecule has 1 saturated carbocycles. The smallest absolute Gasteiger partial charge is 0.321 e. The van der Waals surface area contributed by atoms with Gasteiger partial charge in [0.05, 0.1) is 6.04 Å². The number of halogens is 1. The molecule has 1 saturated heterocycles. The van der Waals surface area contributed by atoms with Crippen molar-refractivity contribution in [1.29, 1.82) is 0 Å². The van der Waals surface area contributed by atoms with E-state index in [-0.39, 0.29) is 29.7 Å². The van der Waals surface area contributed by atoms with Gasteiger partial charge in [-0.15, -0.1) is 0 Å². The standard InChI is InChI=1S/C15H17FN2O2/c1-15-8-12(10-6-3-7-11(16)13(10)20-15)17-14(19)18(15)9-4-2-5-9/h3,6-7,9,12H,2,4-5,8H2,1H3,(H,17,19). The largest absolute Gasteiger partial charge is 0.465 e. The normalized spacial score (nSPS) is 32.0. The summed E-state index contributed by atoms with van der Waals surface area (Å²) >= 11 is 0. The van der Waals surface area contributed by atoms with Gasteiger partial charge in [0, 0.05) is 18.0 Å². The summed E-state index contributed by atoms with van der Waals surface area (Å²) in [6.07, 6.45) is 3.80. The van der Waals surface area contributed by atoms with E-state index in [0.717, 1.165) is 24.8 Å². The molecule has 2 fully saturated rings. The Kier molecular flexibility index (Phi) is 2.32. The summed E-state index contributed by atoms with van der Waals surface area (Å²) in [5.41, 5.74) is -0.00288. The van der Waals surface area contributed by atoms with E-state index in [4.69, 9.17) is 4.74 Å². The predicted octanol–water partition coefficient (Wildman–Crippen LogP) is 2.94. The Hall–Kier alpha value is -1.78. The zero-order valence-electron chi connectivity index (χ0n) is 11.4. The highest BCUT2D eigenvalue weighted by Crippen LogP contribution is 2.47. The van der Waals surface area contributed by atoms with Crippen LogP contribution in [0, 0.1) is 5.82 Å². The number of hydrogen-bond donors (Lipinski definition) is 1. The molecule has 5 heteroatoms. The molecule has 4 rings (SSSR count). The van der Waals surface area contributed by atoms with Gasteiger partial charge in [-0.25, -0.2) is 9.18 Å². The van der Waals surface area contributed by atoms with Crippen LogP contribution in [-0.2, 0) is 0 Å². The second-order valence-corrected chi connectivity index (χ2v) is 6.10. The monoisotopic (exact) mass is 276 g/mol. The second kappa shape index (κ2) is 3.87. The van der Waals surface area contributed by atoms with Crippen LogP contribution < -0.4 is 10.1 Å². The number of hydrogen-bond acceptors (Lipinski definition) is 2. The molecule has 2 atom stereocenters. The van der Waals surface area contributed by atoms with Crippen LogP contribution in [0.3, 0.4) is 0 Å². The molecular formula is C15H17FN2O2. The number of nitrogens with one attached hydrogen (secondary N) is 1. The fourth-order valence-electron chi connectivity index (χ4n) is 3.56. The van der Waals surface area contributed by atoms with Crippen LogP contribution in [0.15, 0.2) is 18.2 Å². The maximum Gasteiger partial charge on any atom is 0.321 e. The van der Waals surface area contributed by atoms with Crippen LogP contribution in [-0.4, -0.2) is 22.7 Å². The van der Waals surface area contributed by atoms with E-state index in [9.17, 15) is 9.18 Å². The number of benzene rings is 1. The number of para-hydroxylation sites is 1.